The maximum Gasteiger partial charge on any atom is 0.251 e. The minimum absolute atomic E-state index is 0.0236. The number of sulfone groups is 1. The van der Waals surface area contributed by atoms with Crippen LogP contribution in [-0.4, -0.2) is 40.0 Å². The first-order chi connectivity index (χ1) is 7.92. The highest BCUT2D eigenvalue weighted by Crippen LogP contribution is 2.12. The van der Waals surface area contributed by atoms with Crippen LogP contribution in [0.4, 0.5) is 0 Å². The predicted octanol–water partition coefficient (Wildman–Crippen LogP) is 0.470. The van der Waals surface area contributed by atoms with Crippen LogP contribution in [-0.2, 0) is 9.84 Å². The summed E-state index contributed by atoms with van der Waals surface area (Å²) in [5.41, 5.74) is 0.531. The number of nitrogens with one attached hydrogen (secondary N) is 1. The molecule has 0 atom stereocenters. The number of carbonyl (C=O) groups excluding carboxylic acids is 1. The van der Waals surface area contributed by atoms with Crippen molar-refractivity contribution in [3.63, 3.8) is 0 Å². The van der Waals surface area contributed by atoms with Crippen LogP contribution in [0.2, 0.25) is 0 Å². The Bertz CT molecular complexity index is 479. The summed E-state index contributed by atoms with van der Waals surface area (Å²) in [6.45, 7) is 0.109. The normalized spacial score (nSPS) is 10.9. The lowest BCUT2D eigenvalue weighted by Gasteiger charge is -2.06. The quantitative estimate of drug-likeness (QED) is 0.832. The van der Waals surface area contributed by atoms with Crippen molar-refractivity contribution in [3.05, 3.63) is 29.8 Å². The molecule has 6 heteroatoms. The maximum atomic E-state index is 11.2. The fourth-order valence-corrected chi connectivity index (χ4v) is 1.54. The van der Waals surface area contributed by atoms with E-state index in [1.54, 1.807) is 31.3 Å². The first-order valence-electron chi connectivity index (χ1n) is 5.05. The maximum absolute atomic E-state index is 11.2. The number of benzene rings is 1. The molecular weight excluding hydrogens is 242 g/mol. The van der Waals surface area contributed by atoms with E-state index in [2.05, 4.69) is 5.32 Å². The number of hydrogen-bond donors (Lipinski definition) is 1. The standard InChI is InChI=1S/C11H15NO4S/c1-12-11(13)9-3-5-10(6-4-9)16-7-8-17(2,14)15/h3-6H,7-8H2,1-2H3,(H,12,13). The van der Waals surface area contributed by atoms with Crippen molar-refractivity contribution in [3.8, 4) is 5.75 Å². The Balaban J connectivity index is 2.54. The van der Waals surface area contributed by atoms with Gasteiger partial charge in [-0.25, -0.2) is 8.42 Å². The van der Waals surface area contributed by atoms with E-state index in [9.17, 15) is 13.2 Å². The Kier molecular flexibility index (Phi) is 4.51. The van der Waals surface area contributed by atoms with Crippen LogP contribution >= 0.6 is 0 Å². The highest BCUT2D eigenvalue weighted by molar-refractivity contribution is 7.90. The van der Waals surface area contributed by atoms with Gasteiger partial charge in [0.25, 0.3) is 5.91 Å². The second kappa shape index (κ2) is 5.67. The molecule has 0 heterocycles. The summed E-state index contributed by atoms with van der Waals surface area (Å²) in [5.74, 6) is 0.346. The third kappa shape index (κ3) is 4.86. The highest BCUT2D eigenvalue weighted by atomic mass is 32.2. The SMILES string of the molecule is CNC(=O)c1ccc(OCCS(C)(=O)=O)cc1. The molecule has 1 amide bonds. The van der Waals surface area contributed by atoms with E-state index in [0.717, 1.165) is 6.26 Å². The van der Waals surface area contributed by atoms with Crippen molar-refractivity contribution < 1.29 is 17.9 Å². The number of ether oxygens (including phenoxy) is 1. The summed E-state index contributed by atoms with van der Waals surface area (Å²) < 4.78 is 27.0. The third-order valence-corrected chi connectivity index (χ3v) is 2.97. The van der Waals surface area contributed by atoms with Gasteiger partial charge in [0.2, 0.25) is 0 Å². The zero-order valence-electron chi connectivity index (χ0n) is 9.76. The smallest absolute Gasteiger partial charge is 0.251 e. The van der Waals surface area contributed by atoms with Crippen molar-refractivity contribution in [2.45, 2.75) is 0 Å². The Morgan fingerprint density at radius 1 is 1.29 bits per heavy atom. The average Bonchev–Trinajstić information content (AvgIpc) is 2.27. The molecule has 0 spiro atoms. The molecule has 1 rings (SSSR count). The molecule has 0 unspecified atom stereocenters. The van der Waals surface area contributed by atoms with Gasteiger partial charge >= 0.3 is 0 Å². The third-order valence-electron chi connectivity index (χ3n) is 2.07. The van der Waals surface area contributed by atoms with E-state index in [4.69, 9.17) is 4.74 Å². The van der Waals surface area contributed by atoms with E-state index in [0.29, 0.717) is 11.3 Å². The summed E-state index contributed by atoms with van der Waals surface area (Å²) in [7, 11) is -1.45. The molecule has 5 nitrogen and oxygen atoms in total. The van der Waals surface area contributed by atoms with E-state index in [1.807, 2.05) is 0 Å². The van der Waals surface area contributed by atoms with Crippen molar-refractivity contribution in [1.29, 1.82) is 0 Å². The van der Waals surface area contributed by atoms with Crippen LogP contribution in [0.15, 0.2) is 24.3 Å². The molecule has 0 radical (unpaired) electrons. The fourth-order valence-electron chi connectivity index (χ4n) is 1.16. The molecule has 1 aromatic carbocycles. The molecule has 0 aliphatic heterocycles. The largest absolute Gasteiger partial charge is 0.493 e. The Morgan fingerprint density at radius 3 is 2.35 bits per heavy atom. The monoisotopic (exact) mass is 257 g/mol. The molecule has 0 saturated heterocycles. The summed E-state index contributed by atoms with van der Waals surface area (Å²) >= 11 is 0. The van der Waals surface area contributed by atoms with Gasteiger partial charge in [0.1, 0.15) is 12.4 Å². The first-order valence-corrected chi connectivity index (χ1v) is 7.11. The number of carbonyl (C=O) groups is 1. The predicted molar refractivity (Wildman–Crippen MR) is 65.0 cm³/mol. The van der Waals surface area contributed by atoms with Crippen molar-refractivity contribution >= 4 is 15.7 Å². The van der Waals surface area contributed by atoms with Crippen LogP contribution in [0, 0.1) is 0 Å². The van der Waals surface area contributed by atoms with Crippen LogP contribution in [0.5, 0.6) is 5.75 Å². The van der Waals surface area contributed by atoms with Gasteiger partial charge in [0, 0.05) is 18.9 Å². The minimum atomic E-state index is -3.01. The molecule has 1 N–H and O–H groups in total. The molecule has 1 aromatic rings. The fraction of sp³-hybridized carbons (Fsp3) is 0.364. The molecule has 0 aliphatic rings. The summed E-state index contributed by atoms with van der Waals surface area (Å²) in [6.07, 6.45) is 1.16. The lowest BCUT2D eigenvalue weighted by atomic mass is 10.2. The molecule has 0 bridgehead atoms. The van der Waals surface area contributed by atoms with Crippen LogP contribution in [0.3, 0.4) is 0 Å². The Morgan fingerprint density at radius 2 is 1.88 bits per heavy atom. The van der Waals surface area contributed by atoms with Crippen LogP contribution < -0.4 is 10.1 Å². The van der Waals surface area contributed by atoms with E-state index in [-0.39, 0.29) is 18.3 Å². The lowest BCUT2D eigenvalue weighted by molar-refractivity contribution is 0.0963. The second-order valence-corrected chi connectivity index (χ2v) is 5.84. The lowest BCUT2D eigenvalue weighted by Crippen LogP contribution is -2.17. The minimum Gasteiger partial charge on any atom is -0.493 e. The van der Waals surface area contributed by atoms with Crippen molar-refractivity contribution in [1.82, 2.24) is 5.32 Å². The molecule has 0 aliphatic carbocycles. The van der Waals surface area contributed by atoms with Gasteiger partial charge in [-0.3, -0.25) is 4.79 Å². The van der Waals surface area contributed by atoms with Gasteiger partial charge < -0.3 is 10.1 Å². The molecule has 0 saturated carbocycles. The molecule has 17 heavy (non-hydrogen) atoms. The molecular formula is C11H15NO4S. The van der Waals surface area contributed by atoms with E-state index < -0.39 is 9.84 Å². The summed E-state index contributed by atoms with van der Waals surface area (Å²) in [5, 5.41) is 2.50. The van der Waals surface area contributed by atoms with Crippen molar-refractivity contribution in [2.24, 2.45) is 0 Å². The van der Waals surface area contributed by atoms with Gasteiger partial charge in [0.15, 0.2) is 9.84 Å². The zero-order valence-corrected chi connectivity index (χ0v) is 10.6. The second-order valence-electron chi connectivity index (χ2n) is 3.58. The van der Waals surface area contributed by atoms with E-state index >= 15 is 0 Å². The zero-order chi connectivity index (χ0) is 12.9. The summed E-state index contributed by atoms with van der Waals surface area (Å²) in [6, 6.07) is 6.50. The van der Waals surface area contributed by atoms with Gasteiger partial charge in [-0.1, -0.05) is 0 Å². The van der Waals surface area contributed by atoms with Gasteiger partial charge in [-0.05, 0) is 24.3 Å². The molecule has 94 valence electrons. The average molecular weight is 257 g/mol. The topological polar surface area (TPSA) is 72.5 Å². The summed E-state index contributed by atoms with van der Waals surface area (Å²) in [4.78, 5) is 11.2. The van der Waals surface area contributed by atoms with Crippen molar-refractivity contribution in [2.75, 3.05) is 25.7 Å². The number of hydrogen-bond acceptors (Lipinski definition) is 4. The first kappa shape index (κ1) is 13.5. The number of rotatable bonds is 5. The Hall–Kier alpha value is -1.56. The van der Waals surface area contributed by atoms with Gasteiger partial charge in [-0.15, -0.1) is 0 Å². The molecule has 0 aromatic heterocycles. The highest BCUT2D eigenvalue weighted by Gasteiger charge is 2.04. The van der Waals surface area contributed by atoms with E-state index in [1.165, 1.54) is 0 Å². The van der Waals surface area contributed by atoms with Crippen LogP contribution in [0.25, 0.3) is 0 Å². The van der Waals surface area contributed by atoms with Crippen LogP contribution in [0.1, 0.15) is 10.4 Å². The molecule has 0 fully saturated rings. The van der Waals surface area contributed by atoms with Gasteiger partial charge in [0.05, 0.1) is 5.75 Å². The number of amides is 1. The van der Waals surface area contributed by atoms with Gasteiger partial charge in [-0.2, -0.15) is 0 Å². The Labute approximate surface area is 101 Å².